The number of halogens is 2. The summed E-state index contributed by atoms with van der Waals surface area (Å²) in [5.41, 5.74) is 4.34. The molecule has 280 valence electrons. The van der Waals surface area contributed by atoms with E-state index in [9.17, 15) is 9.90 Å². The zero-order valence-electron chi connectivity index (χ0n) is 30.5. The van der Waals surface area contributed by atoms with Gasteiger partial charge in [-0.1, -0.05) is 174 Å². The Morgan fingerprint density at radius 1 is 0.769 bits per heavy atom. The molecule has 7 nitrogen and oxygen atoms in total. The van der Waals surface area contributed by atoms with Crippen molar-refractivity contribution in [2.24, 2.45) is 0 Å². The third-order valence-corrected chi connectivity index (χ3v) is 10.8. The monoisotopic (exact) mass is 747 g/mol. The van der Waals surface area contributed by atoms with Crippen molar-refractivity contribution in [2.75, 3.05) is 5.32 Å². The summed E-state index contributed by atoms with van der Waals surface area (Å²) in [6.45, 7) is 2.61. The summed E-state index contributed by atoms with van der Waals surface area (Å²) in [7, 11) is 0. The lowest BCUT2D eigenvalue weighted by molar-refractivity contribution is -0.263. The first-order valence-corrected chi connectivity index (χ1v) is 20.0. The van der Waals surface area contributed by atoms with Crippen molar-refractivity contribution in [3.8, 4) is 0 Å². The van der Waals surface area contributed by atoms with E-state index in [0.717, 1.165) is 35.1 Å². The van der Waals surface area contributed by atoms with E-state index in [-0.39, 0.29) is 29.7 Å². The number of hydrogen-bond donors (Lipinski definition) is 2. The number of aliphatic hydroxyl groups is 1. The molecule has 0 radical (unpaired) electrons. The summed E-state index contributed by atoms with van der Waals surface area (Å²) in [5, 5.41) is 13.4. The predicted octanol–water partition coefficient (Wildman–Crippen LogP) is 11.7. The minimum Gasteiger partial charge on any atom is -0.392 e. The van der Waals surface area contributed by atoms with Gasteiger partial charge >= 0.3 is 0 Å². The number of carbonyl (C=O) groups is 1. The summed E-state index contributed by atoms with van der Waals surface area (Å²) >= 11 is 12.8. The van der Waals surface area contributed by atoms with Gasteiger partial charge in [-0.05, 0) is 35.2 Å². The molecule has 1 unspecified atom stereocenters. The van der Waals surface area contributed by atoms with E-state index < -0.39 is 12.4 Å². The molecule has 1 aliphatic rings. The van der Waals surface area contributed by atoms with Gasteiger partial charge in [0.2, 0.25) is 5.91 Å². The zero-order valence-corrected chi connectivity index (χ0v) is 32.0. The molecule has 5 rings (SSSR count). The van der Waals surface area contributed by atoms with Gasteiger partial charge in [-0.3, -0.25) is 4.79 Å². The Hall–Kier alpha value is -3.20. The minimum atomic E-state index is -0.733. The predicted molar refractivity (Wildman–Crippen MR) is 211 cm³/mol. The molecule has 4 atom stereocenters. The van der Waals surface area contributed by atoms with Crippen molar-refractivity contribution in [1.82, 2.24) is 9.55 Å². The number of carbonyl (C=O) groups excluding carboxylic acids is 1. The van der Waals surface area contributed by atoms with Crippen molar-refractivity contribution >= 4 is 34.8 Å². The molecule has 52 heavy (non-hydrogen) atoms. The summed E-state index contributed by atoms with van der Waals surface area (Å²) in [6, 6.07) is 25.7. The highest BCUT2D eigenvalue weighted by Crippen LogP contribution is 2.47. The van der Waals surface area contributed by atoms with E-state index in [0.29, 0.717) is 23.8 Å². The van der Waals surface area contributed by atoms with E-state index in [1.807, 2.05) is 66.7 Å². The number of ether oxygens (including phenoxy) is 2. The first-order chi connectivity index (χ1) is 25.5. The van der Waals surface area contributed by atoms with Gasteiger partial charge in [0.15, 0.2) is 11.4 Å². The fourth-order valence-electron chi connectivity index (χ4n) is 7.12. The molecule has 1 saturated heterocycles. The Balaban J connectivity index is 1.21. The molecule has 1 aromatic heterocycles. The van der Waals surface area contributed by atoms with Gasteiger partial charge in [0, 0.05) is 23.6 Å². The quantitative estimate of drug-likeness (QED) is 0.0829. The van der Waals surface area contributed by atoms with Crippen LogP contribution in [0.4, 0.5) is 5.69 Å². The van der Waals surface area contributed by atoms with Gasteiger partial charge in [-0.15, -0.1) is 0 Å². The molecule has 2 N–H and O–H groups in total. The molecular formula is C43H55Cl2N3O4. The van der Waals surface area contributed by atoms with Crippen molar-refractivity contribution in [3.05, 3.63) is 118 Å². The molecule has 1 fully saturated rings. The largest absolute Gasteiger partial charge is 0.392 e. The van der Waals surface area contributed by atoms with E-state index in [2.05, 4.69) is 29.4 Å². The number of amides is 1. The van der Waals surface area contributed by atoms with Crippen LogP contribution in [0.3, 0.4) is 0 Å². The average molecular weight is 749 g/mol. The van der Waals surface area contributed by atoms with Gasteiger partial charge in [0.1, 0.15) is 5.15 Å². The Labute approximate surface area is 320 Å². The van der Waals surface area contributed by atoms with Crippen LogP contribution < -0.4 is 5.32 Å². The second kappa shape index (κ2) is 21.5. The van der Waals surface area contributed by atoms with Gasteiger partial charge in [-0.25, -0.2) is 4.98 Å². The molecular weight excluding hydrogens is 693 g/mol. The summed E-state index contributed by atoms with van der Waals surface area (Å²) in [6.07, 6.45) is 17.2. The number of unbranched alkanes of at least 4 members (excludes halogenated alkanes) is 12. The first kappa shape index (κ1) is 40.0. The molecule has 0 spiro atoms. The number of aliphatic hydroxyl groups excluding tert-OH is 1. The Morgan fingerprint density at radius 2 is 1.40 bits per heavy atom. The fraction of sp³-hybridized carbons (Fsp3) is 0.488. The summed E-state index contributed by atoms with van der Waals surface area (Å²) in [5.74, 6) is -0.195. The molecule has 2 heterocycles. The Kier molecular flexibility index (Phi) is 16.5. The Morgan fingerprint density at radius 3 is 2.02 bits per heavy atom. The van der Waals surface area contributed by atoms with Crippen LogP contribution in [0.5, 0.6) is 0 Å². The van der Waals surface area contributed by atoms with Crippen LogP contribution in [0.2, 0.25) is 10.3 Å². The third kappa shape index (κ3) is 11.9. The van der Waals surface area contributed by atoms with Gasteiger partial charge in [0.05, 0.1) is 31.7 Å². The highest BCUT2D eigenvalue weighted by molar-refractivity contribution is 6.40. The molecule has 3 aromatic carbocycles. The fourth-order valence-corrected chi connectivity index (χ4v) is 7.43. The zero-order chi connectivity index (χ0) is 36.5. The smallest absolute Gasteiger partial charge is 0.224 e. The van der Waals surface area contributed by atoms with Crippen LogP contribution in [0.25, 0.3) is 0 Å². The highest BCUT2D eigenvalue weighted by atomic mass is 35.5. The standard InChI is InChI=1S/C43H55Cl2N3O4/c1-2-3-4-5-6-7-8-9-10-11-12-13-17-23-38(50)47-36-22-18-21-35(28-36)43-51-37(29-48-31-46-41(44)42(48)45)39(33-19-15-14-16-20-33)40(52-43)34-26-24-32(30-49)25-27-34/h14-16,18-22,24-28,31,37,39-40,43,49H,2-13,17,23,29-30H2,1H3,(H,47,50)/t37-,39-,40+,43?/m1/s1. The van der Waals surface area contributed by atoms with E-state index in [1.165, 1.54) is 70.6 Å². The van der Waals surface area contributed by atoms with Crippen LogP contribution >= 0.6 is 23.2 Å². The lowest BCUT2D eigenvalue weighted by Crippen LogP contribution is -2.39. The Bertz CT molecular complexity index is 1630. The maximum absolute atomic E-state index is 13.0. The number of benzene rings is 3. The lowest BCUT2D eigenvalue weighted by atomic mass is 9.83. The molecule has 9 heteroatoms. The molecule has 1 aliphatic heterocycles. The van der Waals surface area contributed by atoms with E-state index in [1.54, 1.807) is 10.9 Å². The molecule has 4 aromatic rings. The average Bonchev–Trinajstić information content (AvgIpc) is 3.49. The number of nitrogens with zero attached hydrogens (tertiary/aromatic N) is 2. The van der Waals surface area contributed by atoms with Crippen LogP contribution in [0, 0.1) is 0 Å². The summed E-state index contributed by atoms with van der Waals surface area (Å²) in [4.78, 5) is 17.2. The second-order valence-corrected chi connectivity index (χ2v) is 14.8. The number of anilines is 1. The highest BCUT2D eigenvalue weighted by Gasteiger charge is 2.42. The molecule has 0 saturated carbocycles. The van der Waals surface area contributed by atoms with Crippen LogP contribution in [-0.4, -0.2) is 26.7 Å². The van der Waals surface area contributed by atoms with Crippen molar-refractivity contribution in [2.45, 2.75) is 134 Å². The number of hydrogen-bond acceptors (Lipinski definition) is 5. The summed E-state index contributed by atoms with van der Waals surface area (Å²) < 4.78 is 15.4. The molecule has 0 aliphatic carbocycles. The van der Waals surface area contributed by atoms with Crippen LogP contribution in [0.1, 0.15) is 137 Å². The maximum atomic E-state index is 13.0. The lowest BCUT2D eigenvalue weighted by Gasteiger charge is -2.43. The third-order valence-electron chi connectivity index (χ3n) is 10.0. The van der Waals surface area contributed by atoms with Crippen molar-refractivity contribution in [3.63, 3.8) is 0 Å². The van der Waals surface area contributed by atoms with Gasteiger partial charge < -0.3 is 24.5 Å². The number of rotatable bonds is 21. The first-order valence-electron chi connectivity index (χ1n) is 19.3. The number of aromatic nitrogens is 2. The van der Waals surface area contributed by atoms with Gasteiger partial charge in [-0.2, -0.15) is 0 Å². The topological polar surface area (TPSA) is 85.6 Å². The van der Waals surface area contributed by atoms with Gasteiger partial charge in [0.25, 0.3) is 0 Å². The molecule has 0 bridgehead atoms. The van der Waals surface area contributed by atoms with Crippen molar-refractivity contribution < 1.29 is 19.4 Å². The normalized spacial score (nSPS) is 18.8. The van der Waals surface area contributed by atoms with E-state index in [4.69, 9.17) is 32.7 Å². The maximum Gasteiger partial charge on any atom is 0.224 e. The number of nitrogens with one attached hydrogen (secondary N) is 1. The number of imidazole rings is 1. The van der Waals surface area contributed by atoms with Crippen LogP contribution in [-0.2, 0) is 27.4 Å². The molecule has 1 amide bonds. The van der Waals surface area contributed by atoms with E-state index >= 15 is 0 Å². The SMILES string of the molecule is CCCCCCCCCCCCCCCC(=O)Nc1cccc(C2O[C@H](Cn3cnc(Cl)c3Cl)[C@@H](c3ccccc3)[C@H](c3ccc(CO)cc3)O2)c1. The minimum absolute atomic E-state index is 0.0150. The second-order valence-electron chi connectivity index (χ2n) is 14.0. The van der Waals surface area contributed by atoms with Crippen LogP contribution in [0.15, 0.2) is 85.2 Å². The van der Waals surface area contributed by atoms with Crippen molar-refractivity contribution in [1.29, 1.82) is 0 Å².